The Morgan fingerprint density at radius 3 is 2.19 bits per heavy atom. The topological polar surface area (TPSA) is 49.9 Å². The van der Waals surface area contributed by atoms with Crippen molar-refractivity contribution in [2.24, 2.45) is 5.92 Å². The summed E-state index contributed by atoms with van der Waals surface area (Å²) >= 11 is 18.9. The number of hydroxylamine groups is 1. The number of amides is 2. The molecule has 0 unspecified atom stereocenters. The molecule has 31 heavy (non-hydrogen) atoms. The second-order valence-corrected chi connectivity index (χ2v) is 8.54. The molecule has 0 N–H and O–H groups in total. The molecule has 8 heteroatoms. The molecule has 2 saturated heterocycles. The Kier molecular flexibility index (Phi) is 5.15. The highest BCUT2D eigenvalue weighted by molar-refractivity contribution is 6.36. The van der Waals surface area contributed by atoms with E-state index >= 15 is 0 Å². The van der Waals surface area contributed by atoms with E-state index in [1.165, 1.54) is 0 Å². The van der Waals surface area contributed by atoms with Crippen molar-refractivity contribution < 1.29 is 14.4 Å². The van der Waals surface area contributed by atoms with Gasteiger partial charge in [0.05, 0.1) is 22.4 Å². The number of anilines is 2. The first-order valence-electron chi connectivity index (χ1n) is 9.55. The maximum Gasteiger partial charge on any atom is 0.266 e. The van der Waals surface area contributed by atoms with Gasteiger partial charge in [-0.3, -0.25) is 14.4 Å². The lowest BCUT2D eigenvalue weighted by molar-refractivity contribution is -0.126. The predicted molar refractivity (Wildman–Crippen MR) is 120 cm³/mol. The van der Waals surface area contributed by atoms with Crippen LogP contribution in [0.5, 0.6) is 0 Å². The Labute approximate surface area is 193 Å². The third-order valence-corrected chi connectivity index (χ3v) is 6.38. The van der Waals surface area contributed by atoms with E-state index in [2.05, 4.69) is 0 Å². The van der Waals surface area contributed by atoms with Gasteiger partial charge in [0, 0.05) is 10.0 Å². The molecule has 2 amide bonds. The Balaban J connectivity index is 1.63. The molecular weight excluding hydrogens is 459 g/mol. The molecule has 3 atom stereocenters. The highest BCUT2D eigenvalue weighted by Gasteiger charge is 2.60. The van der Waals surface area contributed by atoms with Crippen LogP contribution in [0.15, 0.2) is 72.8 Å². The van der Waals surface area contributed by atoms with E-state index in [0.717, 1.165) is 4.90 Å². The van der Waals surface area contributed by atoms with E-state index in [9.17, 15) is 9.59 Å². The minimum Gasteiger partial charge on any atom is -0.273 e. The average molecular weight is 474 g/mol. The van der Waals surface area contributed by atoms with E-state index in [-0.39, 0.29) is 0 Å². The molecule has 0 bridgehead atoms. The summed E-state index contributed by atoms with van der Waals surface area (Å²) in [5, 5.41) is 2.76. The van der Waals surface area contributed by atoms with Crippen molar-refractivity contribution in [1.82, 2.24) is 0 Å². The summed E-state index contributed by atoms with van der Waals surface area (Å²) in [4.78, 5) is 34.0. The number of carbonyl (C=O) groups excluding carboxylic acids is 2. The molecule has 3 aromatic carbocycles. The van der Waals surface area contributed by atoms with Gasteiger partial charge in [-0.2, -0.15) is 0 Å². The lowest BCUT2D eigenvalue weighted by atomic mass is 9.90. The molecule has 2 heterocycles. The second kappa shape index (κ2) is 7.84. The van der Waals surface area contributed by atoms with Gasteiger partial charge in [0.25, 0.3) is 5.91 Å². The summed E-state index contributed by atoms with van der Waals surface area (Å²) in [6, 6.07) is 20.5. The monoisotopic (exact) mass is 472 g/mol. The van der Waals surface area contributed by atoms with Gasteiger partial charge in [-0.25, -0.2) is 9.96 Å². The largest absolute Gasteiger partial charge is 0.273 e. The molecular formula is C23H15Cl3N2O3. The van der Waals surface area contributed by atoms with Crippen molar-refractivity contribution in [3.63, 3.8) is 0 Å². The van der Waals surface area contributed by atoms with Crippen molar-refractivity contribution in [3.05, 3.63) is 93.4 Å². The van der Waals surface area contributed by atoms with E-state index < -0.39 is 29.9 Å². The summed E-state index contributed by atoms with van der Waals surface area (Å²) in [6.45, 7) is 0. The highest BCUT2D eigenvalue weighted by Crippen LogP contribution is 2.49. The van der Waals surface area contributed by atoms with Crippen molar-refractivity contribution in [2.45, 2.75) is 12.1 Å². The molecule has 5 rings (SSSR count). The third-order valence-electron chi connectivity index (χ3n) is 5.50. The van der Waals surface area contributed by atoms with Crippen LogP contribution in [-0.4, -0.2) is 17.9 Å². The van der Waals surface area contributed by atoms with E-state index in [1.54, 1.807) is 47.5 Å². The van der Waals surface area contributed by atoms with Gasteiger partial charge in [-0.15, -0.1) is 0 Å². The Morgan fingerprint density at radius 1 is 0.774 bits per heavy atom. The molecule has 0 aliphatic carbocycles. The zero-order valence-corrected chi connectivity index (χ0v) is 18.2. The molecule has 156 valence electrons. The van der Waals surface area contributed by atoms with Gasteiger partial charge in [0.15, 0.2) is 6.10 Å². The van der Waals surface area contributed by atoms with E-state index in [1.807, 2.05) is 30.3 Å². The van der Waals surface area contributed by atoms with Crippen LogP contribution in [0.4, 0.5) is 11.4 Å². The number of fused-ring (bicyclic) bond motifs is 1. The normalized spacial score (nSPS) is 22.9. The van der Waals surface area contributed by atoms with Crippen molar-refractivity contribution in [3.8, 4) is 0 Å². The minimum absolute atomic E-state index is 0.310. The van der Waals surface area contributed by atoms with Crippen LogP contribution < -0.4 is 9.96 Å². The molecule has 2 aliphatic rings. The number of imide groups is 1. The number of rotatable bonds is 3. The number of nitrogens with zero attached hydrogens (tertiary/aromatic N) is 2. The van der Waals surface area contributed by atoms with Gasteiger partial charge in [0.1, 0.15) is 5.92 Å². The fourth-order valence-corrected chi connectivity index (χ4v) is 4.88. The van der Waals surface area contributed by atoms with Crippen LogP contribution in [0.1, 0.15) is 11.6 Å². The fourth-order valence-electron chi connectivity index (χ4n) is 4.14. The van der Waals surface area contributed by atoms with Crippen LogP contribution in [0.3, 0.4) is 0 Å². The average Bonchev–Trinajstić information content (AvgIpc) is 3.26. The summed E-state index contributed by atoms with van der Waals surface area (Å²) in [6.07, 6.45) is -0.999. The van der Waals surface area contributed by atoms with Crippen LogP contribution >= 0.6 is 34.8 Å². The standard InChI is InChI=1S/C23H15Cl3N2O3/c24-13-10-11-15(17(26)12-13)20-19-21(31-28(20)14-6-2-1-3-7-14)23(30)27(22(19)29)18-9-5-4-8-16(18)25/h1-12,19-21H/t19-,20+,21-/m1/s1. The third kappa shape index (κ3) is 3.29. The Bertz CT molecular complexity index is 1190. The van der Waals surface area contributed by atoms with Gasteiger partial charge in [-0.05, 0) is 42.0 Å². The summed E-state index contributed by atoms with van der Waals surface area (Å²) in [5.41, 5.74) is 1.69. The van der Waals surface area contributed by atoms with Gasteiger partial charge >= 0.3 is 0 Å². The molecule has 0 saturated carbocycles. The molecule has 5 nitrogen and oxygen atoms in total. The second-order valence-electron chi connectivity index (χ2n) is 7.29. The molecule has 2 fully saturated rings. The smallest absolute Gasteiger partial charge is 0.266 e. The Morgan fingerprint density at radius 2 is 1.48 bits per heavy atom. The first-order chi connectivity index (χ1) is 15.0. The van der Waals surface area contributed by atoms with Crippen LogP contribution in [0.2, 0.25) is 15.1 Å². The number of hydrogen-bond donors (Lipinski definition) is 0. The minimum atomic E-state index is -0.999. The summed E-state index contributed by atoms with van der Waals surface area (Å²) in [5.74, 6) is -1.66. The maximum atomic E-state index is 13.6. The summed E-state index contributed by atoms with van der Waals surface area (Å²) < 4.78 is 0. The predicted octanol–water partition coefficient (Wildman–Crippen LogP) is 5.70. The van der Waals surface area contributed by atoms with Crippen LogP contribution in [-0.2, 0) is 14.4 Å². The maximum absolute atomic E-state index is 13.6. The SMILES string of the molecule is O=C1[C@H]2[C@@H](ON(c3ccccc3)[C@H]2c2ccc(Cl)cc2Cl)C(=O)N1c1ccccc1Cl. The van der Waals surface area contributed by atoms with E-state index in [0.29, 0.717) is 32.0 Å². The van der Waals surface area contributed by atoms with Crippen molar-refractivity contribution in [2.75, 3.05) is 9.96 Å². The quantitative estimate of drug-likeness (QED) is 0.458. The molecule has 3 aromatic rings. The van der Waals surface area contributed by atoms with Gasteiger partial charge < -0.3 is 0 Å². The fraction of sp³-hybridized carbons (Fsp3) is 0.130. The summed E-state index contributed by atoms with van der Waals surface area (Å²) in [7, 11) is 0. The number of para-hydroxylation sites is 2. The van der Waals surface area contributed by atoms with Crippen LogP contribution in [0, 0.1) is 5.92 Å². The number of halogens is 3. The zero-order valence-electron chi connectivity index (χ0n) is 15.9. The first-order valence-corrected chi connectivity index (χ1v) is 10.7. The molecule has 0 aromatic heterocycles. The van der Waals surface area contributed by atoms with Crippen molar-refractivity contribution >= 4 is 58.0 Å². The zero-order chi connectivity index (χ0) is 21.7. The number of benzene rings is 3. The number of carbonyl (C=O) groups is 2. The first kappa shape index (κ1) is 20.3. The Hall–Kier alpha value is -2.57. The lowest BCUT2D eigenvalue weighted by Crippen LogP contribution is -2.37. The van der Waals surface area contributed by atoms with E-state index in [4.69, 9.17) is 39.6 Å². The molecule has 0 radical (unpaired) electrons. The number of hydrogen-bond acceptors (Lipinski definition) is 4. The van der Waals surface area contributed by atoms with Crippen molar-refractivity contribution in [1.29, 1.82) is 0 Å². The van der Waals surface area contributed by atoms with Crippen LogP contribution in [0.25, 0.3) is 0 Å². The molecule has 2 aliphatic heterocycles. The molecule has 0 spiro atoms. The highest BCUT2D eigenvalue weighted by atomic mass is 35.5. The lowest BCUT2D eigenvalue weighted by Gasteiger charge is -2.29. The van der Waals surface area contributed by atoms with Gasteiger partial charge in [-0.1, -0.05) is 71.2 Å². The van der Waals surface area contributed by atoms with Gasteiger partial charge in [0.2, 0.25) is 5.91 Å².